The summed E-state index contributed by atoms with van der Waals surface area (Å²) in [7, 11) is 0. The highest BCUT2D eigenvalue weighted by atomic mass is 14.5. The van der Waals surface area contributed by atoms with Crippen LogP contribution in [0.25, 0.3) is 109 Å². The van der Waals surface area contributed by atoms with E-state index in [0.717, 1.165) is 0 Å². The van der Waals surface area contributed by atoms with Gasteiger partial charge >= 0.3 is 0 Å². The Morgan fingerprint density at radius 1 is 0.230 bits per heavy atom. The molecule has 2 aliphatic carbocycles. The average molecular weight is 769 g/mol. The fourth-order valence-corrected chi connectivity index (χ4v) is 12.0. The first-order chi connectivity index (χ1) is 30.3. The topological polar surface area (TPSA) is 0 Å². The van der Waals surface area contributed by atoms with Gasteiger partial charge in [-0.05, 0) is 137 Å². The molecule has 12 aromatic carbocycles. The fraction of sp³-hybridized carbons (Fsp3) is 0.0164. The average Bonchev–Trinajstić information content (AvgIpc) is 3.81. The van der Waals surface area contributed by atoms with E-state index in [-0.39, 0.29) is 0 Å². The molecule has 0 unspecified atom stereocenters. The number of hydrogen-bond acceptors (Lipinski definition) is 0. The van der Waals surface area contributed by atoms with E-state index < -0.39 is 5.41 Å². The van der Waals surface area contributed by atoms with Crippen molar-refractivity contribution in [3.05, 3.63) is 241 Å². The highest BCUT2D eigenvalue weighted by Gasteiger charge is 2.53. The Morgan fingerprint density at radius 2 is 0.705 bits per heavy atom. The largest absolute Gasteiger partial charge is 0.0732 e. The van der Waals surface area contributed by atoms with Crippen molar-refractivity contribution in [2.45, 2.75) is 5.41 Å². The first-order valence-electron chi connectivity index (χ1n) is 21.4. The molecule has 0 aliphatic heterocycles. The van der Waals surface area contributed by atoms with Crippen LogP contribution >= 0.6 is 0 Å². The van der Waals surface area contributed by atoms with Crippen molar-refractivity contribution in [1.29, 1.82) is 0 Å². The van der Waals surface area contributed by atoms with E-state index in [1.54, 1.807) is 0 Å². The molecule has 0 saturated heterocycles. The Morgan fingerprint density at radius 3 is 1.36 bits per heavy atom. The molecule has 14 rings (SSSR count). The van der Waals surface area contributed by atoms with Gasteiger partial charge in [0.1, 0.15) is 0 Å². The minimum Gasteiger partial charge on any atom is -0.0619 e. The van der Waals surface area contributed by atoms with E-state index in [4.69, 9.17) is 0 Å². The molecule has 280 valence electrons. The lowest BCUT2D eigenvalue weighted by Gasteiger charge is -2.32. The van der Waals surface area contributed by atoms with Crippen molar-refractivity contribution in [2.24, 2.45) is 0 Å². The van der Waals surface area contributed by atoms with Crippen molar-refractivity contribution in [3.63, 3.8) is 0 Å². The molecule has 0 heteroatoms. The van der Waals surface area contributed by atoms with Crippen molar-refractivity contribution in [2.75, 3.05) is 0 Å². The van der Waals surface area contributed by atoms with Gasteiger partial charge in [-0.15, -0.1) is 0 Å². The normalized spacial score (nSPS) is 13.4. The summed E-state index contributed by atoms with van der Waals surface area (Å²) in [6, 6.07) is 82.4. The zero-order chi connectivity index (χ0) is 39.8. The molecule has 0 fully saturated rings. The van der Waals surface area contributed by atoms with E-state index in [2.05, 4.69) is 218 Å². The van der Waals surface area contributed by atoms with Crippen molar-refractivity contribution in [3.8, 4) is 44.5 Å². The van der Waals surface area contributed by atoms with Crippen LogP contribution in [0.5, 0.6) is 0 Å². The SMILES string of the molecule is c1ccc2c(c1)-c1ccccc1C21c2ccc3ccccc3c2-c2c1c1ccc(-c3c4ccccc4c(-c4cccc5ccccc45)c4ccccc34)cc1c1ccccc21. The predicted molar refractivity (Wildman–Crippen MR) is 259 cm³/mol. The third-order valence-corrected chi connectivity index (χ3v) is 14.2. The van der Waals surface area contributed by atoms with Gasteiger partial charge in [0.05, 0.1) is 5.41 Å². The summed E-state index contributed by atoms with van der Waals surface area (Å²) in [5.74, 6) is 0. The van der Waals surface area contributed by atoms with Crippen molar-refractivity contribution in [1.82, 2.24) is 0 Å². The van der Waals surface area contributed by atoms with Crippen LogP contribution in [0.2, 0.25) is 0 Å². The van der Waals surface area contributed by atoms with Gasteiger partial charge in [-0.1, -0.05) is 212 Å². The second-order valence-electron chi connectivity index (χ2n) is 17.0. The number of benzene rings is 12. The molecule has 0 radical (unpaired) electrons. The van der Waals surface area contributed by atoms with Crippen LogP contribution in [0.4, 0.5) is 0 Å². The van der Waals surface area contributed by atoms with Crippen LogP contribution < -0.4 is 0 Å². The van der Waals surface area contributed by atoms with Crippen molar-refractivity contribution < 1.29 is 0 Å². The number of hydrogen-bond donors (Lipinski definition) is 0. The van der Waals surface area contributed by atoms with Crippen LogP contribution in [0.1, 0.15) is 22.3 Å². The second-order valence-corrected chi connectivity index (χ2v) is 17.0. The molecule has 0 heterocycles. The molecule has 61 heavy (non-hydrogen) atoms. The third-order valence-electron chi connectivity index (χ3n) is 14.2. The Balaban J connectivity index is 1.14. The molecular formula is C61H36. The number of fused-ring (bicyclic) bond motifs is 20. The monoisotopic (exact) mass is 768 g/mol. The van der Waals surface area contributed by atoms with Crippen LogP contribution in [0.15, 0.2) is 218 Å². The molecule has 0 atom stereocenters. The lowest BCUT2D eigenvalue weighted by molar-refractivity contribution is 0.802. The lowest BCUT2D eigenvalue weighted by Crippen LogP contribution is -2.26. The molecular weight excluding hydrogens is 733 g/mol. The standard InChI is InChI=1S/C61H36/c1-3-19-40-37(16-1)18-15-29-45(40)57-49-27-9-7-25-47(49)56(48-26-8-10-28-50(48)57)39-32-34-51-52(36-39)42-21-5-6-24-46(42)59-58-41-20-4-2-17-38(41)33-35-55(58)61(60(51)59)53-30-13-11-22-43(53)44-23-12-14-31-54(44)61/h1-36H. The predicted octanol–water partition coefficient (Wildman–Crippen LogP) is 16.3. The van der Waals surface area contributed by atoms with E-state index in [1.165, 1.54) is 131 Å². The number of rotatable bonds is 2. The molecule has 0 nitrogen and oxygen atoms in total. The third kappa shape index (κ3) is 4.19. The van der Waals surface area contributed by atoms with Crippen LogP contribution in [0.3, 0.4) is 0 Å². The maximum atomic E-state index is 2.52. The van der Waals surface area contributed by atoms with Gasteiger partial charge in [-0.3, -0.25) is 0 Å². The summed E-state index contributed by atoms with van der Waals surface area (Å²) in [4.78, 5) is 0. The molecule has 0 N–H and O–H groups in total. The molecule has 0 aromatic heterocycles. The fourth-order valence-electron chi connectivity index (χ4n) is 12.0. The molecule has 0 saturated carbocycles. The summed E-state index contributed by atoms with van der Waals surface area (Å²) in [5, 5.41) is 15.4. The van der Waals surface area contributed by atoms with E-state index in [9.17, 15) is 0 Å². The smallest absolute Gasteiger partial charge is 0.0619 e. The van der Waals surface area contributed by atoms with E-state index in [0.29, 0.717) is 0 Å². The van der Waals surface area contributed by atoms with Gasteiger partial charge in [-0.2, -0.15) is 0 Å². The Bertz CT molecular complexity index is 3770. The summed E-state index contributed by atoms with van der Waals surface area (Å²) < 4.78 is 0. The minimum absolute atomic E-state index is 0.481. The van der Waals surface area contributed by atoms with Crippen LogP contribution in [0, 0.1) is 0 Å². The maximum absolute atomic E-state index is 2.52. The highest BCUT2D eigenvalue weighted by Crippen LogP contribution is 2.66. The maximum Gasteiger partial charge on any atom is 0.0732 e. The Hall–Kier alpha value is -7.80. The van der Waals surface area contributed by atoms with Crippen molar-refractivity contribution >= 4 is 64.6 Å². The summed E-state index contributed by atoms with van der Waals surface area (Å²) in [6.07, 6.45) is 0. The van der Waals surface area contributed by atoms with Gasteiger partial charge in [0, 0.05) is 0 Å². The van der Waals surface area contributed by atoms with E-state index in [1.807, 2.05) is 0 Å². The van der Waals surface area contributed by atoms with Gasteiger partial charge in [0.15, 0.2) is 0 Å². The van der Waals surface area contributed by atoms with Crippen LogP contribution in [-0.4, -0.2) is 0 Å². The first kappa shape index (κ1) is 33.1. The molecule has 2 aliphatic rings. The Kier molecular flexibility index (Phi) is 6.58. The van der Waals surface area contributed by atoms with Gasteiger partial charge in [-0.25, -0.2) is 0 Å². The zero-order valence-electron chi connectivity index (χ0n) is 33.3. The molecule has 1 spiro atoms. The highest BCUT2D eigenvalue weighted by molar-refractivity contribution is 6.26. The quantitative estimate of drug-likeness (QED) is 0.121. The van der Waals surface area contributed by atoms with E-state index >= 15 is 0 Å². The molecule has 12 aromatic rings. The second kappa shape index (κ2) is 12.1. The van der Waals surface area contributed by atoms with Gasteiger partial charge < -0.3 is 0 Å². The Labute approximate surface area is 353 Å². The minimum atomic E-state index is -0.481. The summed E-state index contributed by atoms with van der Waals surface area (Å²) in [5.41, 5.74) is 15.5. The lowest BCUT2D eigenvalue weighted by atomic mass is 9.69. The molecule has 0 bridgehead atoms. The summed E-state index contributed by atoms with van der Waals surface area (Å²) in [6.45, 7) is 0. The van der Waals surface area contributed by atoms with Gasteiger partial charge in [0.2, 0.25) is 0 Å². The molecule has 0 amide bonds. The van der Waals surface area contributed by atoms with Gasteiger partial charge in [0.25, 0.3) is 0 Å². The summed E-state index contributed by atoms with van der Waals surface area (Å²) >= 11 is 0. The van der Waals surface area contributed by atoms with Crippen LogP contribution in [-0.2, 0) is 5.41 Å². The first-order valence-corrected chi connectivity index (χ1v) is 21.4. The zero-order valence-corrected chi connectivity index (χ0v) is 33.3.